The number of nitriles is 1. The van der Waals surface area contributed by atoms with Gasteiger partial charge in [0.15, 0.2) is 5.75 Å². The van der Waals surface area contributed by atoms with Crippen LogP contribution in [0.3, 0.4) is 0 Å². The topological polar surface area (TPSA) is 110 Å². The number of pyridine rings is 1. The number of anilines is 1. The van der Waals surface area contributed by atoms with Crippen molar-refractivity contribution in [3.63, 3.8) is 0 Å². The van der Waals surface area contributed by atoms with Crippen LogP contribution in [0.2, 0.25) is 0 Å². The summed E-state index contributed by atoms with van der Waals surface area (Å²) >= 11 is 0. The van der Waals surface area contributed by atoms with Crippen molar-refractivity contribution in [2.45, 2.75) is 18.9 Å². The van der Waals surface area contributed by atoms with Crippen molar-refractivity contribution < 1.29 is 14.4 Å². The first-order chi connectivity index (χ1) is 14.7. The van der Waals surface area contributed by atoms with Gasteiger partial charge < -0.3 is 14.8 Å². The standard InChI is InChI=1S/C22H20N4O4/c23-12-16-13-25-19-11-21(30-17-7-9-29-14-17)20(26(27)28)10-18(19)22(16)24-8-6-15-4-2-1-3-5-15/h1-5,10-11,13,17H,6-9,14H2,(H,24,25)/t17-/m1/s1. The lowest BCUT2D eigenvalue weighted by Crippen LogP contribution is -2.16. The molecule has 152 valence electrons. The molecule has 8 heteroatoms. The highest BCUT2D eigenvalue weighted by Gasteiger charge is 2.25. The number of ether oxygens (including phenoxy) is 2. The van der Waals surface area contributed by atoms with Gasteiger partial charge in [0.05, 0.1) is 34.9 Å². The fourth-order valence-corrected chi connectivity index (χ4v) is 3.48. The Hall–Kier alpha value is -3.70. The monoisotopic (exact) mass is 404 g/mol. The number of hydrogen-bond donors (Lipinski definition) is 1. The van der Waals surface area contributed by atoms with E-state index >= 15 is 0 Å². The minimum atomic E-state index is -0.475. The van der Waals surface area contributed by atoms with Gasteiger partial charge in [0, 0.05) is 36.7 Å². The van der Waals surface area contributed by atoms with E-state index in [0.29, 0.717) is 48.3 Å². The Morgan fingerprint density at radius 2 is 2.17 bits per heavy atom. The molecule has 0 aliphatic carbocycles. The number of rotatable bonds is 7. The third-order valence-electron chi connectivity index (χ3n) is 5.01. The molecule has 0 bridgehead atoms. The van der Waals surface area contributed by atoms with Gasteiger partial charge in [-0.05, 0) is 12.0 Å². The van der Waals surface area contributed by atoms with Crippen molar-refractivity contribution in [3.8, 4) is 11.8 Å². The van der Waals surface area contributed by atoms with E-state index in [1.165, 1.54) is 12.3 Å². The first-order valence-electron chi connectivity index (χ1n) is 9.69. The third kappa shape index (κ3) is 4.16. The normalized spacial score (nSPS) is 15.6. The average Bonchev–Trinajstić information content (AvgIpc) is 3.27. The van der Waals surface area contributed by atoms with Gasteiger partial charge in [-0.3, -0.25) is 15.1 Å². The number of hydrogen-bond acceptors (Lipinski definition) is 7. The molecule has 1 aromatic heterocycles. The van der Waals surface area contributed by atoms with Crippen LogP contribution < -0.4 is 10.1 Å². The molecule has 2 heterocycles. The molecule has 1 saturated heterocycles. The van der Waals surface area contributed by atoms with E-state index in [0.717, 1.165) is 12.0 Å². The van der Waals surface area contributed by atoms with E-state index in [9.17, 15) is 15.4 Å². The van der Waals surface area contributed by atoms with E-state index in [-0.39, 0.29) is 17.5 Å². The van der Waals surface area contributed by atoms with Gasteiger partial charge in [0.1, 0.15) is 12.2 Å². The summed E-state index contributed by atoms with van der Waals surface area (Å²) in [5, 5.41) is 25.0. The minimum Gasteiger partial charge on any atom is -0.481 e. The van der Waals surface area contributed by atoms with Crippen molar-refractivity contribution in [1.82, 2.24) is 4.98 Å². The molecule has 1 aliphatic rings. The summed E-state index contributed by atoms with van der Waals surface area (Å²) in [7, 11) is 0. The van der Waals surface area contributed by atoms with Crippen molar-refractivity contribution in [1.29, 1.82) is 5.26 Å². The molecule has 2 aromatic carbocycles. The second-order valence-corrected chi connectivity index (χ2v) is 7.02. The van der Waals surface area contributed by atoms with Gasteiger partial charge >= 0.3 is 5.69 Å². The summed E-state index contributed by atoms with van der Waals surface area (Å²) < 4.78 is 11.1. The van der Waals surface area contributed by atoms with Gasteiger partial charge in [-0.2, -0.15) is 5.26 Å². The highest BCUT2D eigenvalue weighted by molar-refractivity contribution is 5.96. The molecule has 3 aromatic rings. The summed E-state index contributed by atoms with van der Waals surface area (Å²) in [5.41, 5.74) is 2.40. The summed E-state index contributed by atoms with van der Waals surface area (Å²) in [6.45, 7) is 1.55. The van der Waals surface area contributed by atoms with E-state index in [4.69, 9.17) is 9.47 Å². The Morgan fingerprint density at radius 3 is 2.87 bits per heavy atom. The Labute approximate surface area is 173 Å². The summed E-state index contributed by atoms with van der Waals surface area (Å²) in [6, 6.07) is 15.1. The molecule has 0 saturated carbocycles. The van der Waals surface area contributed by atoms with Crippen LogP contribution in [0.25, 0.3) is 10.9 Å². The second-order valence-electron chi connectivity index (χ2n) is 7.02. The third-order valence-corrected chi connectivity index (χ3v) is 5.01. The summed E-state index contributed by atoms with van der Waals surface area (Å²) in [5.74, 6) is 0.162. The number of aromatic nitrogens is 1. The molecule has 0 spiro atoms. The van der Waals surface area contributed by atoms with Crippen LogP contribution in [0.4, 0.5) is 11.4 Å². The van der Waals surface area contributed by atoms with E-state index in [2.05, 4.69) is 16.4 Å². The quantitative estimate of drug-likeness (QED) is 0.470. The molecular weight excluding hydrogens is 384 g/mol. The van der Waals surface area contributed by atoms with Gasteiger partial charge in [-0.1, -0.05) is 30.3 Å². The maximum absolute atomic E-state index is 11.7. The molecule has 30 heavy (non-hydrogen) atoms. The molecule has 1 fully saturated rings. The molecule has 0 amide bonds. The minimum absolute atomic E-state index is 0.155. The van der Waals surface area contributed by atoms with Crippen LogP contribution >= 0.6 is 0 Å². The number of nitro benzene ring substituents is 1. The molecule has 1 atom stereocenters. The Morgan fingerprint density at radius 1 is 1.33 bits per heavy atom. The van der Waals surface area contributed by atoms with E-state index in [1.807, 2.05) is 30.3 Å². The first kappa shape index (κ1) is 19.6. The zero-order valence-electron chi connectivity index (χ0n) is 16.2. The lowest BCUT2D eigenvalue weighted by atomic mass is 10.1. The second kappa shape index (κ2) is 8.76. The maximum atomic E-state index is 11.7. The van der Waals surface area contributed by atoms with Crippen LogP contribution in [-0.4, -0.2) is 35.8 Å². The Kier molecular flexibility index (Phi) is 5.72. The molecular formula is C22H20N4O4. The van der Waals surface area contributed by atoms with Gasteiger partial charge in [-0.15, -0.1) is 0 Å². The van der Waals surface area contributed by atoms with Crippen LogP contribution in [0.1, 0.15) is 17.5 Å². The Balaban J connectivity index is 1.68. The van der Waals surface area contributed by atoms with Crippen molar-refractivity contribution in [3.05, 3.63) is 69.9 Å². The molecule has 1 aliphatic heterocycles. The average molecular weight is 404 g/mol. The maximum Gasteiger partial charge on any atom is 0.311 e. The zero-order chi connectivity index (χ0) is 20.9. The molecule has 0 unspecified atom stereocenters. The number of benzene rings is 2. The van der Waals surface area contributed by atoms with Crippen LogP contribution in [0, 0.1) is 21.4 Å². The van der Waals surface area contributed by atoms with Gasteiger partial charge in [-0.25, -0.2) is 0 Å². The van der Waals surface area contributed by atoms with E-state index in [1.54, 1.807) is 6.07 Å². The number of fused-ring (bicyclic) bond motifs is 1. The van der Waals surface area contributed by atoms with Crippen LogP contribution in [0.15, 0.2) is 48.7 Å². The number of nitro groups is 1. The van der Waals surface area contributed by atoms with Crippen molar-refractivity contribution >= 4 is 22.3 Å². The predicted molar refractivity (Wildman–Crippen MR) is 112 cm³/mol. The first-order valence-corrected chi connectivity index (χ1v) is 9.69. The van der Waals surface area contributed by atoms with E-state index < -0.39 is 4.92 Å². The number of nitrogens with zero attached hydrogens (tertiary/aromatic N) is 3. The van der Waals surface area contributed by atoms with Crippen LogP contribution in [-0.2, 0) is 11.2 Å². The number of nitrogens with one attached hydrogen (secondary N) is 1. The SMILES string of the molecule is N#Cc1cnc2cc(O[C@@H]3CCOC3)c([N+](=O)[O-])cc2c1NCCc1ccccc1. The van der Waals surface area contributed by atoms with Crippen molar-refractivity contribution in [2.75, 3.05) is 25.1 Å². The lowest BCUT2D eigenvalue weighted by molar-refractivity contribution is -0.385. The smallest absolute Gasteiger partial charge is 0.311 e. The highest BCUT2D eigenvalue weighted by atomic mass is 16.6. The lowest BCUT2D eigenvalue weighted by Gasteiger charge is -2.15. The molecule has 0 radical (unpaired) electrons. The molecule has 8 nitrogen and oxygen atoms in total. The zero-order valence-corrected chi connectivity index (χ0v) is 16.2. The highest BCUT2D eigenvalue weighted by Crippen LogP contribution is 2.36. The van der Waals surface area contributed by atoms with Crippen LogP contribution in [0.5, 0.6) is 5.75 Å². The van der Waals surface area contributed by atoms with Crippen molar-refractivity contribution in [2.24, 2.45) is 0 Å². The molecule has 1 N–H and O–H groups in total. The summed E-state index contributed by atoms with van der Waals surface area (Å²) in [6.07, 6.45) is 2.69. The largest absolute Gasteiger partial charge is 0.481 e. The molecule has 4 rings (SSSR count). The Bertz CT molecular complexity index is 1110. The summed E-state index contributed by atoms with van der Waals surface area (Å²) in [4.78, 5) is 15.5. The fourth-order valence-electron chi connectivity index (χ4n) is 3.48. The fraction of sp³-hybridized carbons (Fsp3) is 0.273. The van der Waals surface area contributed by atoms with Gasteiger partial charge in [0.25, 0.3) is 0 Å². The van der Waals surface area contributed by atoms with Gasteiger partial charge in [0.2, 0.25) is 0 Å². The predicted octanol–water partition coefficient (Wildman–Crippen LogP) is 3.84.